The Bertz CT molecular complexity index is 339. The molecule has 1 rings (SSSR count). The van der Waals surface area contributed by atoms with Crippen LogP contribution in [0.4, 0.5) is 0 Å². The smallest absolute Gasteiger partial charge is 0.162 e. The maximum Gasteiger partial charge on any atom is 0.162 e. The summed E-state index contributed by atoms with van der Waals surface area (Å²) in [5.74, 6) is 0.884. The first kappa shape index (κ1) is 13.0. The first-order valence-corrected chi connectivity index (χ1v) is 6.25. The standard InChI is InChI=1S/C15H22O/c1-4-6-13-7-5-8-14(11-13)15(16)10-9-12(2)3/h5,7-8,11-12H,4,6,9-10H2,1-3H3. The molecule has 0 amide bonds. The molecule has 0 saturated heterocycles. The van der Waals surface area contributed by atoms with E-state index in [1.165, 1.54) is 5.56 Å². The van der Waals surface area contributed by atoms with Crippen molar-refractivity contribution in [3.63, 3.8) is 0 Å². The van der Waals surface area contributed by atoms with E-state index in [4.69, 9.17) is 0 Å². The molecule has 0 N–H and O–H groups in total. The van der Waals surface area contributed by atoms with Gasteiger partial charge in [0.15, 0.2) is 5.78 Å². The lowest BCUT2D eigenvalue weighted by Crippen LogP contribution is -2.02. The van der Waals surface area contributed by atoms with Crippen molar-refractivity contribution in [1.29, 1.82) is 0 Å². The van der Waals surface area contributed by atoms with Crippen LogP contribution in [-0.2, 0) is 6.42 Å². The van der Waals surface area contributed by atoms with Gasteiger partial charge in [-0.05, 0) is 30.4 Å². The lowest BCUT2D eigenvalue weighted by atomic mass is 9.99. The second kappa shape index (κ2) is 6.47. The second-order valence-electron chi connectivity index (χ2n) is 4.81. The summed E-state index contributed by atoms with van der Waals surface area (Å²) in [6, 6.07) is 8.07. The molecule has 0 saturated carbocycles. The molecule has 16 heavy (non-hydrogen) atoms. The zero-order chi connectivity index (χ0) is 12.0. The van der Waals surface area contributed by atoms with Crippen molar-refractivity contribution in [1.82, 2.24) is 0 Å². The highest BCUT2D eigenvalue weighted by Crippen LogP contribution is 2.13. The van der Waals surface area contributed by atoms with Crippen molar-refractivity contribution < 1.29 is 4.79 Å². The molecular weight excluding hydrogens is 196 g/mol. The van der Waals surface area contributed by atoms with E-state index in [0.717, 1.165) is 24.8 Å². The maximum absolute atomic E-state index is 11.9. The number of hydrogen-bond donors (Lipinski definition) is 0. The Labute approximate surface area is 98.9 Å². The molecule has 1 aromatic carbocycles. The van der Waals surface area contributed by atoms with Crippen molar-refractivity contribution in [2.45, 2.75) is 46.5 Å². The SMILES string of the molecule is CCCc1cccc(C(=O)CCC(C)C)c1. The van der Waals surface area contributed by atoms with E-state index >= 15 is 0 Å². The van der Waals surface area contributed by atoms with Crippen molar-refractivity contribution in [3.8, 4) is 0 Å². The summed E-state index contributed by atoms with van der Waals surface area (Å²) in [6.45, 7) is 6.47. The van der Waals surface area contributed by atoms with Gasteiger partial charge in [-0.3, -0.25) is 4.79 Å². The third-order valence-electron chi connectivity index (χ3n) is 2.74. The van der Waals surface area contributed by atoms with Gasteiger partial charge in [0.05, 0.1) is 0 Å². The van der Waals surface area contributed by atoms with E-state index in [-0.39, 0.29) is 5.78 Å². The fraction of sp³-hybridized carbons (Fsp3) is 0.533. The van der Waals surface area contributed by atoms with Gasteiger partial charge in [-0.2, -0.15) is 0 Å². The van der Waals surface area contributed by atoms with Crippen LogP contribution in [0.25, 0.3) is 0 Å². The number of carbonyl (C=O) groups is 1. The second-order valence-corrected chi connectivity index (χ2v) is 4.81. The number of benzene rings is 1. The summed E-state index contributed by atoms with van der Waals surface area (Å²) in [4.78, 5) is 11.9. The Kier molecular flexibility index (Phi) is 5.24. The van der Waals surface area contributed by atoms with Crippen LogP contribution >= 0.6 is 0 Å². The van der Waals surface area contributed by atoms with E-state index in [1.807, 2.05) is 18.2 Å². The highest BCUT2D eigenvalue weighted by atomic mass is 16.1. The zero-order valence-electron chi connectivity index (χ0n) is 10.6. The summed E-state index contributed by atoms with van der Waals surface area (Å²) < 4.78 is 0. The first-order chi connectivity index (χ1) is 7.63. The summed E-state index contributed by atoms with van der Waals surface area (Å²) >= 11 is 0. The van der Waals surface area contributed by atoms with Crippen LogP contribution in [0.3, 0.4) is 0 Å². The third-order valence-corrected chi connectivity index (χ3v) is 2.74. The quantitative estimate of drug-likeness (QED) is 0.652. The molecule has 0 heterocycles. The van der Waals surface area contributed by atoms with Gasteiger partial charge in [0.1, 0.15) is 0 Å². The molecule has 0 aliphatic rings. The van der Waals surface area contributed by atoms with E-state index < -0.39 is 0 Å². The van der Waals surface area contributed by atoms with Crippen LogP contribution in [-0.4, -0.2) is 5.78 Å². The molecule has 1 heteroatoms. The predicted octanol–water partition coefficient (Wildman–Crippen LogP) is 4.26. The van der Waals surface area contributed by atoms with E-state index in [0.29, 0.717) is 12.3 Å². The van der Waals surface area contributed by atoms with Crippen molar-refractivity contribution in [2.24, 2.45) is 5.92 Å². The van der Waals surface area contributed by atoms with Crippen LogP contribution in [0.2, 0.25) is 0 Å². The van der Waals surface area contributed by atoms with Gasteiger partial charge in [-0.1, -0.05) is 45.4 Å². The summed E-state index contributed by atoms with van der Waals surface area (Å²) in [6.07, 6.45) is 3.85. The van der Waals surface area contributed by atoms with Gasteiger partial charge in [-0.15, -0.1) is 0 Å². The lowest BCUT2D eigenvalue weighted by Gasteiger charge is -2.05. The molecule has 0 spiro atoms. The fourth-order valence-electron chi connectivity index (χ4n) is 1.75. The highest BCUT2D eigenvalue weighted by molar-refractivity contribution is 5.96. The predicted molar refractivity (Wildman–Crippen MR) is 68.8 cm³/mol. The van der Waals surface area contributed by atoms with Crippen LogP contribution in [0.5, 0.6) is 0 Å². The lowest BCUT2D eigenvalue weighted by molar-refractivity contribution is 0.0975. The molecule has 0 radical (unpaired) electrons. The minimum Gasteiger partial charge on any atom is -0.294 e. The molecule has 88 valence electrons. The molecule has 0 aliphatic heterocycles. The van der Waals surface area contributed by atoms with Gasteiger partial charge >= 0.3 is 0 Å². The van der Waals surface area contributed by atoms with Crippen LogP contribution in [0, 0.1) is 5.92 Å². The number of ketones is 1. The number of hydrogen-bond acceptors (Lipinski definition) is 1. The topological polar surface area (TPSA) is 17.1 Å². The normalized spacial score (nSPS) is 10.8. The van der Waals surface area contributed by atoms with E-state index in [1.54, 1.807) is 0 Å². The summed E-state index contributed by atoms with van der Waals surface area (Å²) in [5.41, 5.74) is 2.16. The number of carbonyl (C=O) groups excluding carboxylic acids is 1. The molecule has 0 bridgehead atoms. The van der Waals surface area contributed by atoms with E-state index in [9.17, 15) is 4.79 Å². The zero-order valence-corrected chi connectivity index (χ0v) is 10.6. The largest absolute Gasteiger partial charge is 0.294 e. The average molecular weight is 218 g/mol. The minimum absolute atomic E-state index is 0.284. The Balaban J connectivity index is 2.64. The van der Waals surface area contributed by atoms with Crippen LogP contribution in [0.15, 0.2) is 24.3 Å². The fourth-order valence-corrected chi connectivity index (χ4v) is 1.75. The summed E-state index contributed by atoms with van der Waals surface area (Å²) in [5, 5.41) is 0. The van der Waals surface area contributed by atoms with Crippen molar-refractivity contribution in [3.05, 3.63) is 35.4 Å². The van der Waals surface area contributed by atoms with Crippen molar-refractivity contribution in [2.75, 3.05) is 0 Å². The molecule has 1 aromatic rings. The molecule has 0 atom stereocenters. The molecule has 0 unspecified atom stereocenters. The Morgan fingerprint density at radius 2 is 2.06 bits per heavy atom. The first-order valence-electron chi connectivity index (χ1n) is 6.25. The third kappa shape index (κ3) is 4.18. The van der Waals surface area contributed by atoms with Gasteiger partial charge in [0.2, 0.25) is 0 Å². The number of rotatable bonds is 6. The Morgan fingerprint density at radius 1 is 1.31 bits per heavy atom. The molecule has 0 fully saturated rings. The maximum atomic E-state index is 11.9. The molecule has 1 nitrogen and oxygen atoms in total. The van der Waals surface area contributed by atoms with Crippen LogP contribution < -0.4 is 0 Å². The van der Waals surface area contributed by atoms with E-state index in [2.05, 4.69) is 26.8 Å². The van der Waals surface area contributed by atoms with Crippen molar-refractivity contribution >= 4 is 5.78 Å². The van der Waals surface area contributed by atoms with Gasteiger partial charge in [-0.25, -0.2) is 0 Å². The van der Waals surface area contributed by atoms with Gasteiger partial charge < -0.3 is 0 Å². The number of Topliss-reactive ketones (excluding diaryl/α,β-unsaturated/α-hetero) is 1. The summed E-state index contributed by atoms with van der Waals surface area (Å²) in [7, 11) is 0. The van der Waals surface area contributed by atoms with Gasteiger partial charge in [0, 0.05) is 12.0 Å². The average Bonchev–Trinajstić information content (AvgIpc) is 2.26. The minimum atomic E-state index is 0.284. The Morgan fingerprint density at radius 3 is 2.69 bits per heavy atom. The highest BCUT2D eigenvalue weighted by Gasteiger charge is 2.07. The van der Waals surface area contributed by atoms with Crippen LogP contribution in [0.1, 0.15) is 56.0 Å². The molecule has 0 aromatic heterocycles. The Hall–Kier alpha value is -1.11. The molecule has 0 aliphatic carbocycles. The molecular formula is C15H22O. The number of aryl methyl sites for hydroxylation is 1. The monoisotopic (exact) mass is 218 g/mol. The van der Waals surface area contributed by atoms with Gasteiger partial charge in [0.25, 0.3) is 0 Å².